The van der Waals surface area contributed by atoms with Crippen molar-refractivity contribution in [2.45, 2.75) is 32.7 Å². The van der Waals surface area contributed by atoms with Gasteiger partial charge in [0.2, 0.25) is 0 Å². The van der Waals surface area contributed by atoms with E-state index in [0.29, 0.717) is 6.04 Å². The Labute approximate surface area is 111 Å². The van der Waals surface area contributed by atoms with Gasteiger partial charge in [0.05, 0.1) is 0 Å². The maximum Gasteiger partial charge on any atom is 0.0345 e. The Kier molecular flexibility index (Phi) is 5.21. The molecule has 1 aliphatic heterocycles. The van der Waals surface area contributed by atoms with Crippen LogP contribution in [0, 0.1) is 5.92 Å². The lowest BCUT2D eigenvalue weighted by atomic mass is 10.00. The topological polar surface area (TPSA) is 15.3 Å². The number of benzene rings is 1. The predicted molar refractivity (Wildman–Crippen MR) is 77.7 cm³/mol. The Morgan fingerprint density at radius 2 is 2.11 bits per heavy atom. The molecule has 1 aromatic rings. The average molecular weight is 246 g/mol. The van der Waals surface area contributed by atoms with Gasteiger partial charge < -0.3 is 5.32 Å². The molecule has 0 amide bonds. The van der Waals surface area contributed by atoms with Crippen molar-refractivity contribution in [2.75, 3.05) is 26.2 Å². The molecule has 2 heteroatoms. The zero-order chi connectivity index (χ0) is 12.8. The monoisotopic (exact) mass is 246 g/mol. The van der Waals surface area contributed by atoms with Crippen molar-refractivity contribution in [3.8, 4) is 0 Å². The van der Waals surface area contributed by atoms with E-state index >= 15 is 0 Å². The third-order valence-electron chi connectivity index (χ3n) is 3.85. The minimum absolute atomic E-state index is 0.590. The molecule has 0 saturated carbocycles. The Hall–Kier alpha value is -0.860. The fourth-order valence-corrected chi connectivity index (χ4v) is 2.97. The Morgan fingerprint density at radius 1 is 1.33 bits per heavy atom. The fraction of sp³-hybridized carbons (Fsp3) is 0.625. The Balaban J connectivity index is 2.10. The molecule has 1 fully saturated rings. The Bertz CT molecular complexity index is 336. The first kappa shape index (κ1) is 13.6. The smallest absolute Gasteiger partial charge is 0.0345 e. The second-order valence-corrected chi connectivity index (χ2v) is 5.49. The highest BCUT2D eigenvalue weighted by Gasteiger charge is 2.21. The third kappa shape index (κ3) is 3.56. The van der Waals surface area contributed by atoms with Crippen LogP contribution in [-0.4, -0.2) is 31.1 Å². The van der Waals surface area contributed by atoms with Gasteiger partial charge in [-0.25, -0.2) is 0 Å². The minimum atomic E-state index is 0.590. The molecule has 1 aromatic carbocycles. The molecule has 18 heavy (non-hydrogen) atoms. The van der Waals surface area contributed by atoms with Crippen molar-refractivity contribution in [1.82, 2.24) is 10.2 Å². The summed E-state index contributed by atoms with van der Waals surface area (Å²) in [5.41, 5.74) is 1.47. The fourth-order valence-electron chi connectivity index (χ4n) is 2.97. The predicted octanol–water partition coefficient (Wildman–Crippen LogP) is 3.07. The summed E-state index contributed by atoms with van der Waals surface area (Å²) < 4.78 is 0. The standard InChI is InChI=1S/C16H26N2/c1-3-16(15-8-5-4-6-9-15)18-11-7-10-17-12-14(2)13-18/h4-6,8-9,14,16-17H,3,7,10-13H2,1-2H3. The molecule has 0 spiro atoms. The van der Waals surface area contributed by atoms with E-state index in [0.717, 1.165) is 19.0 Å². The van der Waals surface area contributed by atoms with Crippen LogP contribution in [0.1, 0.15) is 38.3 Å². The molecule has 1 saturated heterocycles. The van der Waals surface area contributed by atoms with Crippen LogP contribution < -0.4 is 5.32 Å². The van der Waals surface area contributed by atoms with Gasteiger partial charge in [-0.3, -0.25) is 4.90 Å². The second kappa shape index (κ2) is 6.91. The van der Waals surface area contributed by atoms with Gasteiger partial charge in [0.1, 0.15) is 0 Å². The molecule has 0 aromatic heterocycles. The number of nitrogens with one attached hydrogen (secondary N) is 1. The highest BCUT2D eigenvalue weighted by atomic mass is 15.2. The van der Waals surface area contributed by atoms with Crippen LogP contribution in [0.5, 0.6) is 0 Å². The van der Waals surface area contributed by atoms with E-state index in [2.05, 4.69) is 54.4 Å². The molecule has 0 radical (unpaired) electrons. The molecule has 0 bridgehead atoms. The summed E-state index contributed by atoms with van der Waals surface area (Å²) in [7, 11) is 0. The van der Waals surface area contributed by atoms with Crippen molar-refractivity contribution >= 4 is 0 Å². The van der Waals surface area contributed by atoms with Gasteiger partial charge in [0, 0.05) is 12.6 Å². The maximum atomic E-state index is 3.53. The normalized spacial score (nSPS) is 24.2. The summed E-state index contributed by atoms with van der Waals surface area (Å²) in [6.07, 6.45) is 2.46. The van der Waals surface area contributed by atoms with Gasteiger partial charge in [-0.1, -0.05) is 44.2 Å². The zero-order valence-electron chi connectivity index (χ0n) is 11.7. The van der Waals surface area contributed by atoms with Gasteiger partial charge in [-0.05, 0) is 44.0 Å². The number of hydrogen-bond donors (Lipinski definition) is 1. The summed E-state index contributed by atoms with van der Waals surface area (Å²) in [6, 6.07) is 11.6. The van der Waals surface area contributed by atoms with Crippen LogP contribution in [0.25, 0.3) is 0 Å². The Morgan fingerprint density at radius 3 is 2.83 bits per heavy atom. The lowest BCUT2D eigenvalue weighted by Crippen LogP contribution is -2.40. The van der Waals surface area contributed by atoms with E-state index in [9.17, 15) is 0 Å². The summed E-state index contributed by atoms with van der Waals surface area (Å²) >= 11 is 0. The van der Waals surface area contributed by atoms with Gasteiger partial charge >= 0.3 is 0 Å². The summed E-state index contributed by atoms with van der Waals surface area (Å²) in [6.45, 7) is 9.39. The number of rotatable bonds is 3. The van der Waals surface area contributed by atoms with E-state index in [1.807, 2.05) is 0 Å². The van der Waals surface area contributed by atoms with Gasteiger partial charge in [0.25, 0.3) is 0 Å². The van der Waals surface area contributed by atoms with Gasteiger partial charge in [-0.15, -0.1) is 0 Å². The van der Waals surface area contributed by atoms with Crippen LogP contribution in [-0.2, 0) is 0 Å². The van der Waals surface area contributed by atoms with Crippen molar-refractivity contribution in [3.05, 3.63) is 35.9 Å². The lowest BCUT2D eigenvalue weighted by Gasteiger charge is -2.35. The maximum absolute atomic E-state index is 3.53. The largest absolute Gasteiger partial charge is 0.316 e. The molecule has 1 N–H and O–H groups in total. The minimum Gasteiger partial charge on any atom is -0.316 e. The van der Waals surface area contributed by atoms with Crippen molar-refractivity contribution in [3.63, 3.8) is 0 Å². The van der Waals surface area contributed by atoms with Crippen LogP contribution in [0.3, 0.4) is 0 Å². The molecule has 2 atom stereocenters. The lowest BCUT2D eigenvalue weighted by molar-refractivity contribution is 0.153. The summed E-state index contributed by atoms with van der Waals surface area (Å²) in [5.74, 6) is 0.739. The van der Waals surface area contributed by atoms with Gasteiger partial charge in [-0.2, -0.15) is 0 Å². The van der Waals surface area contributed by atoms with Crippen LogP contribution >= 0.6 is 0 Å². The summed E-state index contributed by atoms with van der Waals surface area (Å²) in [4.78, 5) is 2.68. The zero-order valence-corrected chi connectivity index (χ0v) is 11.7. The molecular formula is C16H26N2. The summed E-state index contributed by atoms with van der Waals surface area (Å²) in [5, 5.41) is 3.53. The van der Waals surface area contributed by atoms with Crippen LogP contribution in [0.2, 0.25) is 0 Å². The average Bonchev–Trinajstić information content (AvgIpc) is 2.37. The van der Waals surface area contributed by atoms with E-state index < -0.39 is 0 Å². The SMILES string of the molecule is CCC(c1ccccc1)N1CCCNCC(C)C1. The third-order valence-corrected chi connectivity index (χ3v) is 3.85. The second-order valence-electron chi connectivity index (χ2n) is 5.49. The molecule has 100 valence electrons. The van der Waals surface area contributed by atoms with Crippen LogP contribution in [0.15, 0.2) is 30.3 Å². The van der Waals surface area contributed by atoms with E-state index in [4.69, 9.17) is 0 Å². The van der Waals surface area contributed by atoms with Crippen molar-refractivity contribution in [2.24, 2.45) is 5.92 Å². The molecule has 1 heterocycles. The molecule has 2 rings (SSSR count). The highest BCUT2D eigenvalue weighted by Crippen LogP contribution is 2.25. The molecule has 2 unspecified atom stereocenters. The molecule has 1 aliphatic rings. The highest BCUT2D eigenvalue weighted by molar-refractivity contribution is 5.19. The van der Waals surface area contributed by atoms with Crippen molar-refractivity contribution < 1.29 is 0 Å². The number of hydrogen-bond acceptors (Lipinski definition) is 2. The van der Waals surface area contributed by atoms with E-state index in [1.165, 1.54) is 31.5 Å². The van der Waals surface area contributed by atoms with Crippen molar-refractivity contribution in [1.29, 1.82) is 0 Å². The first-order valence-electron chi connectivity index (χ1n) is 7.31. The first-order chi connectivity index (χ1) is 8.81. The van der Waals surface area contributed by atoms with Gasteiger partial charge in [0.15, 0.2) is 0 Å². The van der Waals surface area contributed by atoms with E-state index in [1.54, 1.807) is 0 Å². The quantitative estimate of drug-likeness (QED) is 0.882. The molecule has 0 aliphatic carbocycles. The van der Waals surface area contributed by atoms with E-state index in [-0.39, 0.29) is 0 Å². The first-order valence-corrected chi connectivity index (χ1v) is 7.31. The van der Waals surface area contributed by atoms with Crippen LogP contribution in [0.4, 0.5) is 0 Å². The molecule has 2 nitrogen and oxygen atoms in total. The molecular weight excluding hydrogens is 220 g/mol. The number of nitrogens with zero attached hydrogens (tertiary/aromatic N) is 1.